The van der Waals surface area contributed by atoms with Gasteiger partial charge in [-0.05, 0) is 33.2 Å². The van der Waals surface area contributed by atoms with Gasteiger partial charge in [0, 0.05) is 25.5 Å². The molecule has 2 heterocycles. The quantitative estimate of drug-likeness (QED) is 0.811. The van der Waals surface area contributed by atoms with Gasteiger partial charge < -0.3 is 14.6 Å². The van der Waals surface area contributed by atoms with E-state index >= 15 is 0 Å². The molecular formula is C12H21N3O2. The summed E-state index contributed by atoms with van der Waals surface area (Å²) in [5.41, 5.74) is 0. The summed E-state index contributed by atoms with van der Waals surface area (Å²) in [6.07, 6.45) is 5.18. The van der Waals surface area contributed by atoms with Gasteiger partial charge in [-0.15, -0.1) is 0 Å². The van der Waals surface area contributed by atoms with Crippen LogP contribution in [0.3, 0.4) is 0 Å². The van der Waals surface area contributed by atoms with Crippen molar-refractivity contribution in [1.29, 1.82) is 0 Å². The predicted molar refractivity (Wildman–Crippen MR) is 63.8 cm³/mol. The van der Waals surface area contributed by atoms with Crippen molar-refractivity contribution in [3.63, 3.8) is 0 Å². The predicted octanol–water partition coefficient (Wildman–Crippen LogP) is 1.33. The standard InChI is InChI=1S/C12H21N3O2/c1-9(13-2)5-6-12-14-11(15-17-12)8-10-4-3-7-16-10/h9-10,13H,3-8H2,1-2H3. The number of nitrogens with zero attached hydrogens (tertiary/aromatic N) is 2. The Morgan fingerprint density at radius 1 is 1.53 bits per heavy atom. The van der Waals surface area contributed by atoms with E-state index in [0.29, 0.717) is 6.04 Å². The Morgan fingerprint density at radius 2 is 2.41 bits per heavy atom. The van der Waals surface area contributed by atoms with Crippen LogP contribution >= 0.6 is 0 Å². The van der Waals surface area contributed by atoms with Crippen molar-refractivity contribution in [2.45, 2.75) is 51.2 Å². The second-order valence-corrected chi connectivity index (χ2v) is 4.67. The molecule has 1 aliphatic rings. The fourth-order valence-electron chi connectivity index (χ4n) is 1.97. The van der Waals surface area contributed by atoms with Crippen LogP contribution in [-0.2, 0) is 17.6 Å². The monoisotopic (exact) mass is 239 g/mol. The zero-order valence-corrected chi connectivity index (χ0v) is 10.6. The van der Waals surface area contributed by atoms with Crippen molar-refractivity contribution in [2.24, 2.45) is 0 Å². The van der Waals surface area contributed by atoms with Gasteiger partial charge >= 0.3 is 0 Å². The van der Waals surface area contributed by atoms with Crippen molar-refractivity contribution >= 4 is 0 Å². The minimum absolute atomic E-state index is 0.289. The molecule has 1 saturated heterocycles. The first-order chi connectivity index (χ1) is 8.28. The summed E-state index contributed by atoms with van der Waals surface area (Å²) < 4.78 is 10.8. The minimum Gasteiger partial charge on any atom is -0.378 e. The second-order valence-electron chi connectivity index (χ2n) is 4.67. The summed E-state index contributed by atoms with van der Waals surface area (Å²) in [7, 11) is 1.96. The molecule has 0 amide bonds. The molecule has 0 spiro atoms. The molecule has 96 valence electrons. The minimum atomic E-state index is 0.289. The van der Waals surface area contributed by atoms with Crippen LogP contribution in [0.5, 0.6) is 0 Å². The molecule has 0 bridgehead atoms. The molecule has 1 aromatic rings. The van der Waals surface area contributed by atoms with E-state index in [4.69, 9.17) is 9.26 Å². The highest BCUT2D eigenvalue weighted by Crippen LogP contribution is 2.16. The molecule has 2 unspecified atom stereocenters. The largest absolute Gasteiger partial charge is 0.378 e. The van der Waals surface area contributed by atoms with E-state index in [1.807, 2.05) is 7.05 Å². The van der Waals surface area contributed by atoms with Crippen molar-refractivity contribution in [3.8, 4) is 0 Å². The maximum absolute atomic E-state index is 5.55. The summed E-state index contributed by atoms with van der Waals surface area (Å²) in [5.74, 6) is 1.52. The Morgan fingerprint density at radius 3 is 3.12 bits per heavy atom. The zero-order valence-electron chi connectivity index (χ0n) is 10.6. The molecule has 1 aromatic heterocycles. The molecular weight excluding hydrogens is 218 g/mol. The highest BCUT2D eigenvalue weighted by atomic mass is 16.5. The first-order valence-corrected chi connectivity index (χ1v) is 6.38. The first kappa shape index (κ1) is 12.5. The molecule has 17 heavy (non-hydrogen) atoms. The Bertz CT molecular complexity index is 334. The van der Waals surface area contributed by atoms with Crippen LogP contribution in [0.4, 0.5) is 0 Å². The third-order valence-electron chi connectivity index (χ3n) is 3.23. The van der Waals surface area contributed by atoms with Gasteiger partial charge in [0.1, 0.15) is 0 Å². The SMILES string of the molecule is CNC(C)CCc1nc(CC2CCCO2)no1. The van der Waals surface area contributed by atoms with E-state index in [-0.39, 0.29) is 6.10 Å². The van der Waals surface area contributed by atoms with Crippen LogP contribution < -0.4 is 5.32 Å². The Labute approximate surface area is 102 Å². The van der Waals surface area contributed by atoms with Crippen LogP contribution in [-0.4, -0.2) is 35.9 Å². The smallest absolute Gasteiger partial charge is 0.226 e. The fourth-order valence-corrected chi connectivity index (χ4v) is 1.97. The van der Waals surface area contributed by atoms with Crippen molar-refractivity contribution in [1.82, 2.24) is 15.5 Å². The number of nitrogens with one attached hydrogen (secondary N) is 1. The van der Waals surface area contributed by atoms with Crippen LogP contribution in [0.25, 0.3) is 0 Å². The van der Waals surface area contributed by atoms with Gasteiger partial charge in [-0.3, -0.25) is 0 Å². The number of aryl methyl sites for hydroxylation is 1. The lowest BCUT2D eigenvalue weighted by Gasteiger charge is -2.06. The summed E-state index contributed by atoms with van der Waals surface area (Å²) in [4.78, 5) is 4.39. The van der Waals surface area contributed by atoms with E-state index < -0.39 is 0 Å². The van der Waals surface area contributed by atoms with Crippen LogP contribution in [0.2, 0.25) is 0 Å². The number of hydrogen-bond donors (Lipinski definition) is 1. The van der Waals surface area contributed by atoms with Gasteiger partial charge in [0.15, 0.2) is 5.82 Å². The van der Waals surface area contributed by atoms with Gasteiger partial charge in [-0.2, -0.15) is 4.98 Å². The molecule has 0 saturated carbocycles. The van der Waals surface area contributed by atoms with E-state index in [9.17, 15) is 0 Å². The maximum Gasteiger partial charge on any atom is 0.226 e. The van der Waals surface area contributed by atoms with Gasteiger partial charge in [-0.25, -0.2) is 0 Å². The number of ether oxygens (including phenoxy) is 1. The van der Waals surface area contributed by atoms with E-state index in [0.717, 1.165) is 50.4 Å². The number of hydrogen-bond acceptors (Lipinski definition) is 5. The van der Waals surface area contributed by atoms with E-state index in [1.54, 1.807) is 0 Å². The number of aromatic nitrogens is 2. The van der Waals surface area contributed by atoms with Gasteiger partial charge in [0.05, 0.1) is 6.10 Å². The molecule has 1 N–H and O–H groups in total. The second kappa shape index (κ2) is 6.12. The third kappa shape index (κ3) is 3.78. The molecule has 2 rings (SSSR count). The number of rotatable bonds is 6. The Hall–Kier alpha value is -0.940. The summed E-state index contributed by atoms with van der Waals surface area (Å²) in [6.45, 7) is 3.01. The Kier molecular flexibility index (Phi) is 4.50. The molecule has 5 nitrogen and oxygen atoms in total. The summed E-state index contributed by atoms with van der Waals surface area (Å²) in [6, 6.07) is 0.475. The van der Waals surface area contributed by atoms with Gasteiger partial charge in [0.25, 0.3) is 0 Å². The first-order valence-electron chi connectivity index (χ1n) is 6.38. The third-order valence-corrected chi connectivity index (χ3v) is 3.23. The van der Waals surface area contributed by atoms with Gasteiger partial charge in [-0.1, -0.05) is 5.16 Å². The molecule has 0 aromatic carbocycles. The summed E-state index contributed by atoms with van der Waals surface area (Å²) >= 11 is 0. The highest BCUT2D eigenvalue weighted by Gasteiger charge is 2.19. The molecule has 0 aliphatic carbocycles. The zero-order chi connectivity index (χ0) is 12.1. The lowest BCUT2D eigenvalue weighted by atomic mass is 10.2. The lowest BCUT2D eigenvalue weighted by Crippen LogP contribution is -2.21. The topological polar surface area (TPSA) is 60.2 Å². The molecule has 2 atom stereocenters. The van der Waals surface area contributed by atoms with Gasteiger partial charge in [0.2, 0.25) is 5.89 Å². The average molecular weight is 239 g/mol. The maximum atomic E-state index is 5.55. The average Bonchev–Trinajstić information content (AvgIpc) is 2.98. The van der Waals surface area contributed by atoms with Crippen molar-refractivity contribution in [2.75, 3.05) is 13.7 Å². The highest BCUT2D eigenvalue weighted by molar-refractivity contribution is 4.90. The normalized spacial score (nSPS) is 21.9. The molecule has 1 fully saturated rings. The molecule has 5 heteroatoms. The van der Waals surface area contributed by atoms with E-state index in [1.165, 1.54) is 0 Å². The molecule has 1 aliphatic heterocycles. The molecule has 0 radical (unpaired) electrons. The van der Waals surface area contributed by atoms with Crippen LogP contribution in [0.1, 0.15) is 37.9 Å². The lowest BCUT2D eigenvalue weighted by molar-refractivity contribution is 0.109. The Balaban J connectivity index is 1.78. The van der Waals surface area contributed by atoms with Crippen molar-refractivity contribution in [3.05, 3.63) is 11.7 Å². The fraction of sp³-hybridized carbons (Fsp3) is 0.833. The summed E-state index contributed by atoms with van der Waals surface area (Å²) in [5, 5.41) is 7.19. The van der Waals surface area contributed by atoms with E-state index in [2.05, 4.69) is 22.4 Å². The van der Waals surface area contributed by atoms with Crippen LogP contribution in [0, 0.1) is 0 Å². The van der Waals surface area contributed by atoms with Crippen molar-refractivity contribution < 1.29 is 9.26 Å². The van der Waals surface area contributed by atoms with Crippen LogP contribution in [0.15, 0.2) is 4.52 Å².